The van der Waals surface area contributed by atoms with E-state index < -0.39 is 0 Å². The molecule has 2 heteroatoms. The van der Waals surface area contributed by atoms with Crippen LogP contribution >= 0.6 is 11.6 Å². The molecule has 90 valence electrons. The van der Waals surface area contributed by atoms with Gasteiger partial charge in [-0.25, -0.2) is 0 Å². The van der Waals surface area contributed by atoms with Crippen LogP contribution < -0.4 is 5.73 Å². The fraction of sp³-hybridized carbons (Fsp3) is 0.571. The molecule has 1 rings (SSSR count). The molecule has 0 unspecified atom stereocenters. The summed E-state index contributed by atoms with van der Waals surface area (Å²) in [6, 6.07) is 4.42. The van der Waals surface area contributed by atoms with Crippen molar-refractivity contribution in [1.29, 1.82) is 0 Å². The van der Waals surface area contributed by atoms with Gasteiger partial charge in [0.1, 0.15) is 0 Å². The van der Waals surface area contributed by atoms with E-state index in [2.05, 4.69) is 26.0 Å². The zero-order valence-electron chi connectivity index (χ0n) is 10.4. The summed E-state index contributed by atoms with van der Waals surface area (Å²) in [5, 5.41) is 0. The maximum absolute atomic E-state index is 5.93. The average Bonchev–Trinajstić information content (AvgIpc) is 2.25. The zero-order chi connectivity index (χ0) is 12.0. The minimum absolute atomic E-state index is 0.792. The van der Waals surface area contributed by atoms with Gasteiger partial charge in [-0.1, -0.05) is 25.0 Å². The number of hydrogen-bond donors (Lipinski definition) is 1. The van der Waals surface area contributed by atoms with Gasteiger partial charge in [0.25, 0.3) is 0 Å². The predicted octanol–water partition coefficient (Wildman–Crippen LogP) is 4.23. The maximum Gasteiger partial charge on any atom is 0.0373 e. The molecule has 0 heterocycles. The standard InChI is InChI=1S/C14H22ClN/c1-11-9-13(10-12(2)14(11)16)7-5-3-4-6-8-15/h9-10H,3-8,16H2,1-2H3. The molecule has 0 saturated carbocycles. The van der Waals surface area contributed by atoms with Crippen LogP contribution in [0.3, 0.4) is 0 Å². The van der Waals surface area contributed by atoms with Gasteiger partial charge in [0.15, 0.2) is 0 Å². The van der Waals surface area contributed by atoms with Crippen LogP contribution in [0.5, 0.6) is 0 Å². The fourth-order valence-corrected chi connectivity index (χ4v) is 2.17. The first-order valence-electron chi connectivity index (χ1n) is 6.06. The van der Waals surface area contributed by atoms with E-state index in [-0.39, 0.29) is 0 Å². The second-order valence-corrected chi connectivity index (χ2v) is 4.87. The number of nitrogens with two attached hydrogens (primary N) is 1. The van der Waals surface area contributed by atoms with Crippen molar-refractivity contribution in [3.63, 3.8) is 0 Å². The molecule has 0 aromatic heterocycles. The molecule has 2 N–H and O–H groups in total. The lowest BCUT2D eigenvalue weighted by atomic mass is 10.0. The van der Waals surface area contributed by atoms with Crippen LogP contribution in [-0.2, 0) is 6.42 Å². The molecule has 0 aliphatic heterocycles. The largest absolute Gasteiger partial charge is 0.398 e. The number of unbranched alkanes of at least 4 members (excludes halogenated alkanes) is 3. The van der Waals surface area contributed by atoms with E-state index in [1.807, 2.05) is 0 Å². The number of anilines is 1. The van der Waals surface area contributed by atoms with Crippen molar-refractivity contribution in [2.24, 2.45) is 0 Å². The normalized spacial score (nSPS) is 10.7. The monoisotopic (exact) mass is 239 g/mol. The fourth-order valence-electron chi connectivity index (χ4n) is 1.99. The molecule has 0 aliphatic rings. The molecule has 1 nitrogen and oxygen atoms in total. The molecule has 1 aromatic carbocycles. The van der Waals surface area contributed by atoms with E-state index in [1.165, 1.54) is 36.0 Å². The highest BCUT2D eigenvalue weighted by atomic mass is 35.5. The van der Waals surface area contributed by atoms with Gasteiger partial charge < -0.3 is 5.73 Å². The molecule has 0 amide bonds. The summed E-state index contributed by atoms with van der Waals surface area (Å²) < 4.78 is 0. The summed E-state index contributed by atoms with van der Waals surface area (Å²) in [6.07, 6.45) is 6.07. The Morgan fingerprint density at radius 3 is 2.12 bits per heavy atom. The van der Waals surface area contributed by atoms with Crippen molar-refractivity contribution >= 4 is 17.3 Å². The molecule has 1 aromatic rings. The highest BCUT2D eigenvalue weighted by molar-refractivity contribution is 6.17. The summed E-state index contributed by atoms with van der Waals surface area (Å²) >= 11 is 5.64. The van der Waals surface area contributed by atoms with Crippen molar-refractivity contribution in [3.05, 3.63) is 28.8 Å². The number of halogens is 1. The van der Waals surface area contributed by atoms with Crippen molar-refractivity contribution < 1.29 is 0 Å². The van der Waals surface area contributed by atoms with E-state index in [9.17, 15) is 0 Å². The lowest BCUT2D eigenvalue weighted by Crippen LogP contribution is -1.96. The van der Waals surface area contributed by atoms with Crippen LogP contribution in [-0.4, -0.2) is 5.88 Å². The lowest BCUT2D eigenvalue weighted by molar-refractivity contribution is 0.669. The minimum Gasteiger partial charge on any atom is -0.398 e. The van der Waals surface area contributed by atoms with Crippen LogP contribution in [0.1, 0.15) is 42.4 Å². The van der Waals surface area contributed by atoms with Gasteiger partial charge in [0.2, 0.25) is 0 Å². The number of alkyl halides is 1. The van der Waals surface area contributed by atoms with E-state index in [0.29, 0.717) is 0 Å². The first-order chi connectivity index (χ1) is 7.65. The van der Waals surface area contributed by atoms with Crippen LogP contribution in [0, 0.1) is 13.8 Å². The van der Waals surface area contributed by atoms with Crippen molar-refractivity contribution in [1.82, 2.24) is 0 Å². The van der Waals surface area contributed by atoms with Gasteiger partial charge in [-0.15, -0.1) is 11.6 Å². The smallest absolute Gasteiger partial charge is 0.0373 e. The Labute approximate surface area is 104 Å². The van der Waals surface area contributed by atoms with E-state index >= 15 is 0 Å². The average molecular weight is 240 g/mol. The third kappa shape index (κ3) is 4.05. The molecule has 0 radical (unpaired) electrons. The Hall–Kier alpha value is -0.690. The van der Waals surface area contributed by atoms with Crippen LogP contribution in [0.4, 0.5) is 5.69 Å². The van der Waals surface area contributed by atoms with Crippen molar-refractivity contribution in [2.45, 2.75) is 46.0 Å². The maximum atomic E-state index is 5.93. The van der Waals surface area contributed by atoms with E-state index in [4.69, 9.17) is 17.3 Å². The molecule has 16 heavy (non-hydrogen) atoms. The Bertz CT molecular complexity index is 311. The SMILES string of the molecule is Cc1cc(CCCCCCCl)cc(C)c1N. The van der Waals surface area contributed by atoms with Crippen LogP contribution in [0.15, 0.2) is 12.1 Å². The van der Waals surface area contributed by atoms with E-state index in [1.54, 1.807) is 0 Å². The van der Waals surface area contributed by atoms with Gasteiger partial charge in [-0.3, -0.25) is 0 Å². The number of nitrogen functional groups attached to an aromatic ring is 1. The highest BCUT2D eigenvalue weighted by Gasteiger charge is 2.01. The molecule has 0 aliphatic carbocycles. The molecule has 0 fully saturated rings. The second kappa shape index (κ2) is 6.80. The molecule has 0 bridgehead atoms. The Kier molecular flexibility index (Phi) is 5.68. The van der Waals surface area contributed by atoms with E-state index in [0.717, 1.165) is 24.4 Å². The van der Waals surface area contributed by atoms with Crippen LogP contribution in [0.2, 0.25) is 0 Å². The Balaban J connectivity index is 2.43. The van der Waals surface area contributed by atoms with Crippen molar-refractivity contribution in [2.75, 3.05) is 11.6 Å². The second-order valence-electron chi connectivity index (χ2n) is 4.50. The number of rotatable bonds is 6. The quantitative estimate of drug-likeness (QED) is 0.449. The topological polar surface area (TPSA) is 26.0 Å². The number of benzene rings is 1. The molecule has 0 saturated heterocycles. The summed E-state index contributed by atoms with van der Waals surface area (Å²) in [7, 11) is 0. The number of aryl methyl sites for hydroxylation is 3. The number of hydrogen-bond acceptors (Lipinski definition) is 1. The van der Waals surface area contributed by atoms with Gasteiger partial charge >= 0.3 is 0 Å². The minimum atomic E-state index is 0.792. The first kappa shape index (κ1) is 13.4. The van der Waals surface area contributed by atoms with Gasteiger partial charge in [-0.05, 0) is 49.8 Å². The zero-order valence-corrected chi connectivity index (χ0v) is 11.1. The van der Waals surface area contributed by atoms with Gasteiger partial charge in [0.05, 0.1) is 0 Å². The molecule has 0 atom stereocenters. The highest BCUT2D eigenvalue weighted by Crippen LogP contribution is 2.20. The summed E-state index contributed by atoms with van der Waals surface area (Å²) in [4.78, 5) is 0. The summed E-state index contributed by atoms with van der Waals surface area (Å²) in [6.45, 7) is 4.17. The van der Waals surface area contributed by atoms with Crippen LogP contribution in [0.25, 0.3) is 0 Å². The predicted molar refractivity (Wildman–Crippen MR) is 73.2 cm³/mol. The third-order valence-electron chi connectivity index (χ3n) is 3.00. The summed E-state index contributed by atoms with van der Waals surface area (Å²) in [5.74, 6) is 0.792. The third-order valence-corrected chi connectivity index (χ3v) is 3.27. The summed E-state index contributed by atoms with van der Waals surface area (Å²) in [5.41, 5.74) is 10.7. The Morgan fingerprint density at radius 2 is 1.56 bits per heavy atom. The Morgan fingerprint density at radius 1 is 1.00 bits per heavy atom. The first-order valence-corrected chi connectivity index (χ1v) is 6.60. The molecular formula is C14H22ClN. The van der Waals surface area contributed by atoms with Crippen molar-refractivity contribution in [3.8, 4) is 0 Å². The molecular weight excluding hydrogens is 218 g/mol. The van der Waals surface area contributed by atoms with Gasteiger partial charge in [0, 0.05) is 11.6 Å². The lowest BCUT2D eigenvalue weighted by Gasteiger charge is -2.08. The molecule has 0 spiro atoms. The van der Waals surface area contributed by atoms with Gasteiger partial charge in [-0.2, -0.15) is 0 Å².